The molecule has 0 atom stereocenters. The second-order valence-electron chi connectivity index (χ2n) is 3.61. The van der Waals surface area contributed by atoms with Crippen molar-refractivity contribution >= 4 is 72.0 Å². The number of nitrogens with two attached hydrogens (primary N) is 1. The Balaban J connectivity index is 2.28. The van der Waals surface area contributed by atoms with Crippen molar-refractivity contribution in [1.82, 2.24) is 0 Å². The summed E-state index contributed by atoms with van der Waals surface area (Å²) >= 11 is 13.0. The van der Waals surface area contributed by atoms with E-state index in [0.717, 1.165) is 8.26 Å². The molecule has 0 saturated carbocycles. The lowest BCUT2D eigenvalue weighted by atomic mass is 10.1. The molecule has 3 nitrogen and oxygen atoms in total. The highest BCUT2D eigenvalue weighted by atomic mass is 79.9. The third-order valence-electron chi connectivity index (χ3n) is 2.29. The zero-order valence-electron chi connectivity index (χ0n) is 9.44. The van der Waals surface area contributed by atoms with Gasteiger partial charge in [0.2, 0.25) is 0 Å². The Morgan fingerprint density at radius 3 is 2.58 bits per heavy atom. The van der Waals surface area contributed by atoms with E-state index < -0.39 is 0 Å². The monoisotopic (exact) mass is 418 g/mol. The van der Waals surface area contributed by atoms with Gasteiger partial charge in [-0.3, -0.25) is 4.79 Å². The number of thiocarbonyl (C=S) groups is 1. The fourth-order valence-electron chi connectivity index (χ4n) is 1.45. The van der Waals surface area contributed by atoms with E-state index in [-0.39, 0.29) is 10.9 Å². The molecule has 2 aromatic rings. The molecule has 98 valence electrons. The molecule has 3 N–H and O–H groups in total. The molecule has 2 rings (SSSR count). The minimum Gasteiger partial charge on any atom is -0.389 e. The lowest BCUT2D eigenvalue weighted by Crippen LogP contribution is -2.17. The van der Waals surface area contributed by atoms with Crippen LogP contribution in [0, 0.1) is 0 Å². The van der Waals surface area contributed by atoms with Crippen molar-refractivity contribution < 1.29 is 4.79 Å². The van der Waals surface area contributed by atoms with Crippen LogP contribution in [0.25, 0.3) is 0 Å². The molecule has 0 aliphatic rings. The lowest BCUT2D eigenvalue weighted by Gasteiger charge is -2.09. The SMILES string of the molecule is NC(=S)c1cc(Br)ccc1NC(=O)c1ccc(Br)s1. The molecule has 0 aliphatic heterocycles. The molecule has 0 spiro atoms. The molecule has 19 heavy (non-hydrogen) atoms. The van der Waals surface area contributed by atoms with Gasteiger partial charge in [0, 0.05) is 10.0 Å². The Hall–Kier alpha value is -0.760. The van der Waals surface area contributed by atoms with E-state index in [4.69, 9.17) is 18.0 Å². The van der Waals surface area contributed by atoms with Gasteiger partial charge in [0.05, 0.1) is 14.4 Å². The number of rotatable bonds is 3. The van der Waals surface area contributed by atoms with Gasteiger partial charge < -0.3 is 11.1 Å². The number of halogens is 2. The van der Waals surface area contributed by atoms with Crippen molar-refractivity contribution in [2.75, 3.05) is 5.32 Å². The topological polar surface area (TPSA) is 55.1 Å². The quantitative estimate of drug-likeness (QED) is 0.734. The molecule has 0 bridgehead atoms. The van der Waals surface area contributed by atoms with Gasteiger partial charge in [-0.25, -0.2) is 0 Å². The number of thiophene rings is 1. The normalized spacial score (nSPS) is 10.2. The van der Waals surface area contributed by atoms with Crippen LogP contribution in [0.5, 0.6) is 0 Å². The van der Waals surface area contributed by atoms with Crippen LogP contribution in [0.1, 0.15) is 15.2 Å². The number of hydrogen-bond acceptors (Lipinski definition) is 3. The summed E-state index contributed by atoms with van der Waals surface area (Å²) in [4.78, 5) is 12.9. The standard InChI is InChI=1S/C12H8Br2N2OS2/c13-6-1-2-8(7(5-6)11(15)18)16-12(17)9-3-4-10(14)19-9/h1-5H,(H2,15,18)(H,16,17). The number of amides is 1. The van der Waals surface area contributed by atoms with E-state index in [2.05, 4.69) is 37.2 Å². The maximum absolute atomic E-state index is 12.1. The van der Waals surface area contributed by atoms with Crippen LogP contribution < -0.4 is 11.1 Å². The number of benzene rings is 1. The molecule has 1 heterocycles. The molecule has 0 saturated heterocycles. The maximum Gasteiger partial charge on any atom is 0.265 e. The molecule has 7 heteroatoms. The molecule has 0 fully saturated rings. The van der Waals surface area contributed by atoms with Crippen molar-refractivity contribution in [3.05, 3.63) is 49.0 Å². The number of anilines is 1. The number of carbonyl (C=O) groups excluding carboxylic acids is 1. The maximum atomic E-state index is 12.1. The van der Waals surface area contributed by atoms with E-state index in [0.29, 0.717) is 16.1 Å². The first kappa shape index (κ1) is 14.6. The first-order valence-corrected chi connectivity index (χ1v) is 7.94. The summed E-state index contributed by atoms with van der Waals surface area (Å²) in [6.07, 6.45) is 0. The van der Waals surface area contributed by atoms with E-state index >= 15 is 0 Å². The highest BCUT2D eigenvalue weighted by Crippen LogP contribution is 2.25. The zero-order valence-corrected chi connectivity index (χ0v) is 14.2. The smallest absolute Gasteiger partial charge is 0.265 e. The Kier molecular flexibility index (Phi) is 4.72. The van der Waals surface area contributed by atoms with Crippen LogP contribution in [-0.2, 0) is 0 Å². The van der Waals surface area contributed by atoms with E-state index in [1.165, 1.54) is 11.3 Å². The molecular formula is C12H8Br2N2OS2. The summed E-state index contributed by atoms with van der Waals surface area (Å²) in [5, 5.41) is 2.81. The fraction of sp³-hybridized carbons (Fsp3) is 0. The summed E-state index contributed by atoms with van der Waals surface area (Å²) in [6, 6.07) is 8.95. The molecule has 0 radical (unpaired) electrons. The summed E-state index contributed by atoms with van der Waals surface area (Å²) in [5.41, 5.74) is 6.89. The van der Waals surface area contributed by atoms with Crippen LogP contribution in [0.4, 0.5) is 5.69 Å². The number of hydrogen-bond donors (Lipinski definition) is 2. The third-order valence-corrected chi connectivity index (χ3v) is 4.63. The average molecular weight is 420 g/mol. The van der Waals surface area contributed by atoms with Gasteiger partial charge >= 0.3 is 0 Å². The Labute approximate surface area is 136 Å². The van der Waals surface area contributed by atoms with Gasteiger partial charge in [-0.15, -0.1) is 11.3 Å². The largest absolute Gasteiger partial charge is 0.389 e. The molecule has 0 unspecified atom stereocenters. The summed E-state index contributed by atoms with van der Waals surface area (Å²) in [7, 11) is 0. The second-order valence-corrected chi connectivity index (χ2v) is 7.43. The predicted molar refractivity (Wildman–Crippen MR) is 90.0 cm³/mol. The Morgan fingerprint density at radius 2 is 2.00 bits per heavy atom. The van der Waals surface area contributed by atoms with E-state index in [1.54, 1.807) is 18.2 Å². The third kappa shape index (κ3) is 3.62. The number of nitrogens with one attached hydrogen (secondary N) is 1. The van der Waals surface area contributed by atoms with Crippen molar-refractivity contribution in [1.29, 1.82) is 0 Å². The molecule has 1 aromatic heterocycles. The van der Waals surface area contributed by atoms with Gasteiger partial charge in [-0.05, 0) is 46.3 Å². The van der Waals surface area contributed by atoms with Crippen LogP contribution in [-0.4, -0.2) is 10.9 Å². The lowest BCUT2D eigenvalue weighted by molar-refractivity contribution is 0.103. The first-order chi connectivity index (χ1) is 8.97. The van der Waals surface area contributed by atoms with Gasteiger partial charge in [0.25, 0.3) is 5.91 Å². The van der Waals surface area contributed by atoms with E-state index in [1.807, 2.05) is 12.1 Å². The van der Waals surface area contributed by atoms with Crippen LogP contribution >= 0.6 is 55.4 Å². The van der Waals surface area contributed by atoms with Gasteiger partial charge in [-0.2, -0.15) is 0 Å². The molecule has 1 amide bonds. The number of carbonyl (C=O) groups is 1. The van der Waals surface area contributed by atoms with E-state index in [9.17, 15) is 4.79 Å². The average Bonchev–Trinajstić information content (AvgIpc) is 2.78. The van der Waals surface area contributed by atoms with Crippen molar-refractivity contribution in [2.24, 2.45) is 5.73 Å². The van der Waals surface area contributed by atoms with Crippen molar-refractivity contribution in [3.8, 4) is 0 Å². The summed E-state index contributed by atoms with van der Waals surface area (Å²) in [6.45, 7) is 0. The van der Waals surface area contributed by atoms with Gasteiger partial charge in [0.15, 0.2) is 0 Å². The predicted octanol–water partition coefficient (Wildman–Crippen LogP) is 4.16. The first-order valence-electron chi connectivity index (χ1n) is 5.13. The molecular weight excluding hydrogens is 412 g/mol. The molecule has 1 aromatic carbocycles. The van der Waals surface area contributed by atoms with Gasteiger partial charge in [0.1, 0.15) is 4.99 Å². The zero-order chi connectivity index (χ0) is 14.0. The van der Waals surface area contributed by atoms with Crippen molar-refractivity contribution in [2.45, 2.75) is 0 Å². The Bertz CT molecular complexity index is 655. The molecule has 0 aliphatic carbocycles. The summed E-state index contributed by atoms with van der Waals surface area (Å²) < 4.78 is 1.76. The second kappa shape index (κ2) is 6.13. The van der Waals surface area contributed by atoms with Crippen molar-refractivity contribution in [3.63, 3.8) is 0 Å². The van der Waals surface area contributed by atoms with Gasteiger partial charge in [-0.1, -0.05) is 28.1 Å². The highest BCUT2D eigenvalue weighted by Gasteiger charge is 2.12. The Morgan fingerprint density at radius 1 is 1.26 bits per heavy atom. The summed E-state index contributed by atoms with van der Waals surface area (Å²) in [5.74, 6) is -0.185. The van der Waals surface area contributed by atoms with Crippen LogP contribution in [0.2, 0.25) is 0 Å². The minimum absolute atomic E-state index is 0.185. The van der Waals surface area contributed by atoms with Crippen LogP contribution in [0.15, 0.2) is 38.6 Å². The highest BCUT2D eigenvalue weighted by molar-refractivity contribution is 9.11. The van der Waals surface area contributed by atoms with Crippen LogP contribution in [0.3, 0.4) is 0 Å². The minimum atomic E-state index is -0.185. The fourth-order valence-corrected chi connectivity index (χ4v) is 3.26.